The third-order valence-electron chi connectivity index (χ3n) is 1.56. The van der Waals surface area contributed by atoms with Gasteiger partial charge in [0.1, 0.15) is 0 Å². The molecule has 0 unspecified atom stereocenters. The second kappa shape index (κ2) is 5.07. The van der Waals surface area contributed by atoms with Crippen LogP contribution in [0.5, 0.6) is 0 Å². The maximum atomic E-state index is 11.3. The number of hydrogen-bond acceptors (Lipinski definition) is 3. The fourth-order valence-electron chi connectivity index (χ4n) is 0.921. The van der Waals surface area contributed by atoms with Gasteiger partial charge in [-0.2, -0.15) is 0 Å². The summed E-state index contributed by atoms with van der Waals surface area (Å²) in [4.78, 5) is 11.3. The van der Waals surface area contributed by atoms with E-state index in [1.165, 1.54) is 0 Å². The summed E-state index contributed by atoms with van der Waals surface area (Å²) in [6.45, 7) is 4.06. The average molecular weight is 192 g/mol. The number of nitrogens with one attached hydrogen (secondary N) is 1. The van der Waals surface area contributed by atoms with E-state index in [1.54, 1.807) is 19.9 Å². The molecule has 4 nitrogen and oxygen atoms in total. The van der Waals surface area contributed by atoms with Gasteiger partial charge in [0.2, 0.25) is 5.76 Å². The Kier molecular flexibility index (Phi) is 3.74. The second-order valence-electron chi connectivity index (χ2n) is 2.77. The molecule has 1 aromatic heterocycles. The van der Waals surface area contributed by atoms with Crippen molar-refractivity contribution >= 4 is 5.91 Å². The van der Waals surface area contributed by atoms with Crippen LogP contribution in [0, 0.1) is 18.8 Å². The lowest BCUT2D eigenvalue weighted by atomic mass is 10.3. The van der Waals surface area contributed by atoms with Crippen LogP contribution < -0.4 is 5.32 Å². The highest BCUT2D eigenvalue weighted by molar-refractivity contribution is 5.91. The Morgan fingerprint density at radius 2 is 2.50 bits per heavy atom. The zero-order valence-corrected chi connectivity index (χ0v) is 8.26. The quantitative estimate of drug-likeness (QED) is 0.577. The summed E-state index contributed by atoms with van der Waals surface area (Å²) in [7, 11) is 0. The summed E-state index contributed by atoms with van der Waals surface area (Å²) in [6, 6.07) is 1.60. The van der Waals surface area contributed by atoms with Gasteiger partial charge in [-0.1, -0.05) is 5.16 Å². The summed E-state index contributed by atoms with van der Waals surface area (Å²) in [5, 5.41) is 6.29. The minimum absolute atomic E-state index is 0.243. The number of amides is 1. The van der Waals surface area contributed by atoms with Crippen LogP contribution in [0.15, 0.2) is 10.6 Å². The van der Waals surface area contributed by atoms with Crippen molar-refractivity contribution in [3.63, 3.8) is 0 Å². The number of nitrogens with zero attached hydrogens (tertiary/aromatic N) is 1. The molecule has 1 rings (SSSR count). The minimum atomic E-state index is -0.247. The van der Waals surface area contributed by atoms with Crippen molar-refractivity contribution in [1.82, 2.24) is 10.5 Å². The van der Waals surface area contributed by atoms with Gasteiger partial charge < -0.3 is 9.84 Å². The molecule has 0 aliphatic carbocycles. The van der Waals surface area contributed by atoms with Crippen LogP contribution in [0.3, 0.4) is 0 Å². The largest absolute Gasteiger partial charge is 0.351 e. The monoisotopic (exact) mass is 192 g/mol. The lowest BCUT2D eigenvalue weighted by Gasteiger charge is -1.97. The Hall–Kier alpha value is -1.76. The van der Waals surface area contributed by atoms with Gasteiger partial charge in [0, 0.05) is 19.0 Å². The van der Waals surface area contributed by atoms with E-state index in [0.717, 1.165) is 0 Å². The number of aryl methyl sites for hydroxylation is 1. The van der Waals surface area contributed by atoms with Crippen molar-refractivity contribution in [2.24, 2.45) is 0 Å². The Morgan fingerprint density at radius 3 is 3.07 bits per heavy atom. The molecule has 0 saturated heterocycles. The molecule has 1 amide bonds. The Morgan fingerprint density at radius 1 is 1.71 bits per heavy atom. The molecule has 0 fully saturated rings. The van der Waals surface area contributed by atoms with Crippen LogP contribution in [-0.2, 0) is 0 Å². The zero-order valence-electron chi connectivity index (χ0n) is 8.26. The molecule has 1 aromatic rings. The molecule has 4 heteroatoms. The number of carbonyl (C=O) groups is 1. The molecular formula is C10H12N2O2. The molecule has 0 saturated carbocycles. The van der Waals surface area contributed by atoms with Gasteiger partial charge in [-0.25, -0.2) is 0 Å². The van der Waals surface area contributed by atoms with Gasteiger partial charge in [-0.05, 0) is 13.8 Å². The van der Waals surface area contributed by atoms with Crippen molar-refractivity contribution < 1.29 is 9.32 Å². The topological polar surface area (TPSA) is 55.1 Å². The number of hydrogen-bond donors (Lipinski definition) is 1. The normalized spacial score (nSPS) is 9.00. The summed E-state index contributed by atoms with van der Waals surface area (Å²) in [5.41, 5.74) is 0.698. The molecule has 0 spiro atoms. The molecule has 0 aliphatic heterocycles. The third kappa shape index (κ3) is 2.94. The summed E-state index contributed by atoms with van der Waals surface area (Å²) >= 11 is 0. The molecule has 0 radical (unpaired) electrons. The summed E-state index contributed by atoms with van der Waals surface area (Å²) < 4.78 is 4.79. The van der Waals surface area contributed by atoms with Crippen LogP contribution in [0.25, 0.3) is 0 Å². The van der Waals surface area contributed by atoms with E-state index in [2.05, 4.69) is 22.3 Å². The molecule has 0 aromatic carbocycles. The van der Waals surface area contributed by atoms with E-state index < -0.39 is 0 Å². The zero-order chi connectivity index (χ0) is 10.4. The van der Waals surface area contributed by atoms with Crippen LogP contribution >= 0.6 is 0 Å². The lowest BCUT2D eigenvalue weighted by Crippen LogP contribution is -2.23. The standard InChI is InChI=1S/C10H12N2O2/c1-3-4-5-6-11-10(13)9-7-8(2)12-14-9/h7H,5-6H2,1-2H3,(H,11,13). The summed E-state index contributed by atoms with van der Waals surface area (Å²) in [6.07, 6.45) is 0.648. The Balaban J connectivity index is 2.38. The predicted molar refractivity (Wildman–Crippen MR) is 51.6 cm³/mol. The number of aromatic nitrogens is 1. The maximum Gasteiger partial charge on any atom is 0.289 e. The lowest BCUT2D eigenvalue weighted by molar-refractivity contribution is 0.0917. The van der Waals surface area contributed by atoms with Crippen molar-refractivity contribution in [2.75, 3.05) is 6.54 Å². The second-order valence-corrected chi connectivity index (χ2v) is 2.77. The van der Waals surface area contributed by atoms with Gasteiger partial charge >= 0.3 is 0 Å². The van der Waals surface area contributed by atoms with Crippen molar-refractivity contribution in [1.29, 1.82) is 0 Å². The molecule has 0 atom stereocenters. The molecule has 1 N–H and O–H groups in total. The van der Waals surface area contributed by atoms with E-state index in [9.17, 15) is 4.79 Å². The van der Waals surface area contributed by atoms with Gasteiger partial charge in [-0.3, -0.25) is 4.79 Å². The van der Waals surface area contributed by atoms with Crippen LogP contribution in [0.1, 0.15) is 29.6 Å². The van der Waals surface area contributed by atoms with Crippen LogP contribution in [0.2, 0.25) is 0 Å². The van der Waals surface area contributed by atoms with E-state index in [1.807, 2.05) is 0 Å². The highest BCUT2D eigenvalue weighted by atomic mass is 16.5. The fourth-order valence-corrected chi connectivity index (χ4v) is 0.921. The highest BCUT2D eigenvalue weighted by Crippen LogP contribution is 2.00. The van der Waals surface area contributed by atoms with Gasteiger partial charge in [0.15, 0.2) is 0 Å². The van der Waals surface area contributed by atoms with Crippen LogP contribution in [-0.4, -0.2) is 17.6 Å². The van der Waals surface area contributed by atoms with Crippen LogP contribution in [0.4, 0.5) is 0 Å². The van der Waals surface area contributed by atoms with Crippen molar-refractivity contribution in [3.8, 4) is 11.8 Å². The first kappa shape index (κ1) is 10.3. The molecule has 74 valence electrons. The maximum absolute atomic E-state index is 11.3. The third-order valence-corrected chi connectivity index (χ3v) is 1.56. The smallest absolute Gasteiger partial charge is 0.289 e. The Labute approximate surface area is 82.7 Å². The van der Waals surface area contributed by atoms with Gasteiger partial charge in [-0.15, -0.1) is 11.8 Å². The molecule has 1 heterocycles. The molecule has 0 bridgehead atoms. The van der Waals surface area contributed by atoms with Crippen molar-refractivity contribution in [2.45, 2.75) is 20.3 Å². The molecule has 14 heavy (non-hydrogen) atoms. The first-order valence-electron chi connectivity index (χ1n) is 4.35. The highest BCUT2D eigenvalue weighted by Gasteiger charge is 2.09. The molecule has 0 aliphatic rings. The Bertz CT molecular complexity index is 371. The number of carbonyl (C=O) groups excluding carboxylic acids is 1. The van der Waals surface area contributed by atoms with E-state index in [4.69, 9.17) is 4.52 Å². The predicted octanol–water partition coefficient (Wildman–Crippen LogP) is 1.13. The van der Waals surface area contributed by atoms with Gasteiger partial charge in [0.25, 0.3) is 5.91 Å². The SMILES string of the molecule is CC#CCCNC(=O)c1cc(C)no1. The first-order valence-corrected chi connectivity index (χ1v) is 4.35. The van der Waals surface area contributed by atoms with Crippen molar-refractivity contribution in [3.05, 3.63) is 17.5 Å². The van der Waals surface area contributed by atoms with E-state index in [0.29, 0.717) is 18.7 Å². The van der Waals surface area contributed by atoms with E-state index in [-0.39, 0.29) is 11.7 Å². The first-order chi connectivity index (χ1) is 6.74. The fraction of sp³-hybridized carbons (Fsp3) is 0.400. The average Bonchev–Trinajstić information content (AvgIpc) is 2.59. The van der Waals surface area contributed by atoms with Gasteiger partial charge in [0.05, 0.1) is 5.69 Å². The number of rotatable bonds is 3. The summed E-state index contributed by atoms with van der Waals surface area (Å²) in [5.74, 6) is 5.59. The molecular weight excluding hydrogens is 180 g/mol. The minimum Gasteiger partial charge on any atom is -0.351 e. The van der Waals surface area contributed by atoms with E-state index >= 15 is 0 Å².